The summed E-state index contributed by atoms with van der Waals surface area (Å²) in [5.41, 5.74) is 0.942. The first-order chi connectivity index (χ1) is 21.3. The number of amides is 3. The normalized spacial score (nSPS) is 19.2. The molecule has 0 aliphatic heterocycles. The van der Waals surface area contributed by atoms with E-state index in [1.165, 1.54) is 35.8 Å². The molecule has 2 unspecified atom stereocenters. The predicted octanol–water partition coefficient (Wildman–Crippen LogP) is 7.56. The summed E-state index contributed by atoms with van der Waals surface area (Å²) < 4.78 is 38.4. The number of carbonyl (C=O) groups excluding carboxylic acids is 2. The van der Waals surface area contributed by atoms with Crippen molar-refractivity contribution >= 4 is 51.9 Å². The summed E-state index contributed by atoms with van der Waals surface area (Å²) in [5, 5.41) is 23.1. The number of alkyl halides is 4. The van der Waals surface area contributed by atoms with Crippen molar-refractivity contribution in [3.05, 3.63) is 83.0 Å². The molecular formula is C33H34F3IN4O4. The SMILES string of the molecule is CC1(CN(C(=O)Nc2cc(C#N)cc(C(F)(F)I)c2)c2ccc(C3CCCCC3)cc2)C=CC(C(=O)NCC(F)C(=O)O)=CC1. The number of halogens is 4. The monoisotopic (exact) mass is 734 g/mol. The zero-order valence-electron chi connectivity index (χ0n) is 24.7. The molecule has 0 spiro atoms. The minimum absolute atomic E-state index is 0.0249. The standard InChI is InChI=1S/C33H34F3IN4O4/c1-32(13-11-24(12-14-32)29(42)39-19-28(34)30(43)44)20-41(27-9-7-23(8-10-27)22-5-3-2-4-6-22)31(45)40-26-16-21(18-38)15-25(17-26)33(35,36)37/h7-13,15-17,22,28H,2-6,14,19-20H2,1H3,(H,39,42)(H,40,45)(H,43,44). The maximum absolute atomic E-state index is 14.1. The van der Waals surface area contributed by atoms with Crippen LogP contribution in [0.3, 0.4) is 0 Å². The van der Waals surface area contributed by atoms with E-state index in [9.17, 15) is 32.8 Å². The molecule has 45 heavy (non-hydrogen) atoms. The van der Waals surface area contributed by atoms with Crippen LogP contribution in [0, 0.1) is 16.7 Å². The minimum Gasteiger partial charge on any atom is -0.479 e. The molecule has 0 saturated heterocycles. The lowest BCUT2D eigenvalue weighted by Gasteiger charge is -2.35. The number of urea groups is 1. The topological polar surface area (TPSA) is 123 Å². The number of anilines is 2. The second-order valence-electron chi connectivity index (χ2n) is 11.7. The van der Waals surface area contributed by atoms with Gasteiger partial charge in [-0.05, 0) is 61.1 Å². The lowest BCUT2D eigenvalue weighted by atomic mass is 9.81. The van der Waals surface area contributed by atoms with Gasteiger partial charge in [-0.25, -0.2) is 14.0 Å². The molecule has 2 aromatic rings. The maximum Gasteiger partial charge on any atom is 0.340 e. The lowest BCUT2D eigenvalue weighted by molar-refractivity contribution is -0.142. The fourth-order valence-electron chi connectivity index (χ4n) is 5.55. The van der Waals surface area contributed by atoms with E-state index in [0.29, 0.717) is 18.0 Å². The summed E-state index contributed by atoms with van der Waals surface area (Å²) in [7, 11) is 0. The van der Waals surface area contributed by atoms with Crippen molar-refractivity contribution in [2.24, 2.45) is 5.41 Å². The van der Waals surface area contributed by atoms with Crippen LogP contribution in [0.4, 0.5) is 29.3 Å². The Bertz CT molecular complexity index is 1530. The van der Waals surface area contributed by atoms with Crippen LogP contribution < -0.4 is 15.5 Å². The zero-order chi connectivity index (χ0) is 32.8. The molecule has 3 amide bonds. The summed E-state index contributed by atoms with van der Waals surface area (Å²) in [5.74, 6) is -1.83. The van der Waals surface area contributed by atoms with Gasteiger partial charge in [0.25, 0.3) is 5.91 Å². The molecule has 0 radical (unpaired) electrons. The number of carbonyl (C=O) groups is 3. The molecule has 4 rings (SSSR count). The Hall–Kier alpha value is -3.86. The third-order valence-electron chi connectivity index (χ3n) is 8.11. The smallest absolute Gasteiger partial charge is 0.340 e. The summed E-state index contributed by atoms with van der Waals surface area (Å²) in [6.07, 6.45) is 8.82. The van der Waals surface area contributed by atoms with Gasteiger partial charge in [0.2, 0.25) is 6.17 Å². The van der Waals surface area contributed by atoms with Gasteiger partial charge in [-0.3, -0.25) is 9.69 Å². The molecule has 1 saturated carbocycles. The highest BCUT2D eigenvalue weighted by atomic mass is 127. The predicted molar refractivity (Wildman–Crippen MR) is 173 cm³/mol. The number of aliphatic carboxylic acids is 1. The highest BCUT2D eigenvalue weighted by molar-refractivity contribution is 14.1. The van der Waals surface area contributed by atoms with Gasteiger partial charge in [0, 0.05) is 57.1 Å². The Morgan fingerprint density at radius 3 is 2.42 bits per heavy atom. The fraction of sp³-hybridized carbons (Fsp3) is 0.394. The van der Waals surface area contributed by atoms with Gasteiger partial charge < -0.3 is 15.7 Å². The summed E-state index contributed by atoms with van der Waals surface area (Å²) >= 11 is 0.973. The molecule has 2 aliphatic rings. The number of hydrogen-bond acceptors (Lipinski definition) is 4. The van der Waals surface area contributed by atoms with Gasteiger partial charge in [0.15, 0.2) is 0 Å². The van der Waals surface area contributed by atoms with Crippen LogP contribution in [0.1, 0.15) is 68.1 Å². The van der Waals surface area contributed by atoms with Crippen LogP contribution in [0.2, 0.25) is 0 Å². The number of nitrogens with one attached hydrogen (secondary N) is 2. The van der Waals surface area contributed by atoms with Crippen molar-refractivity contribution in [2.75, 3.05) is 23.3 Å². The maximum atomic E-state index is 14.1. The molecule has 12 heteroatoms. The first-order valence-electron chi connectivity index (χ1n) is 14.6. The number of nitrogens with zero attached hydrogens (tertiary/aromatic N) is 2. The summed E-state index contributed by atoms with van der Waals surface area (Å²) in [6, 6.07) is 12.5. The molecular weight excluding hydrogens is 700 g/mol. The number of allylic oxidation sites excluding steroid dienone is 1. The van der Waals surface area contributed by atoms with Gasteiger partial charge in [-0.1, -0.05) is 56.5 Å². The molecule has 0 bridgehead atoms. The number of benzene rings is 2. The van der Waals surface area contributed by atoms with E-state index in [0.717, 1.165) is 47.6 Å². The molecule has 2 aliphatic carbocycles. The van der Waals surface area contributed by atoms with Crippen molar-refractivity contribution in [3.63, 3.8) is 0 Å². The highest BCUT2D eigenvalue weighted by Gasteiger charge is 2.32. The average molecular weight is 735 g/mol. The number of nitriles is 1. The van der Waals surface area contributed by atoms with E-state index < -0.39 is 45.5 Å². The molecule has 3 N–H and O–H groups in total. The van der Waals surface area contributed by atoms with Gasteiger partial charge in [-0.2, -0.15) is 14.0 Å². The van der Waals surface area contributed by atoms with Crippen molar-refractivity contribution in [1.29, 1.82) is 5.26 Å². The number of hydrogen-bond donors (Lipinski definition) is 3. The van der Waals surface area contributed by atoms with Gasteiger partial charge >= 0.3 is 15.9 Å². The Morgan fingerprint density at radius 1 is 1.16 bits per heavy atom. The Kier molecular flexibility index (Phi) is 11.0. The molecule has 1 fully saturated rings. The van der Waals surface area contributed by atoms with Crippen LogP contribution in [0.15, 0.2) is 66.3 Å². The van der Waals surface area contributed by atoms with Crippen LogP contribution in [-0.4, -0.2) is 42.3 Å². The zero-order valence-corrected chi connectivity index (χ0v) is 26.8. The van der Waals surface area contributed by atoms with E-state index in [1.54, 1.807) is 18.2 Å². The lowest BCUT2D eigenvalue weighted by Crippen LogP contribution is -2.42. The van der Waals surface area contributed by atoms with Crippen LogP contribution in [0.25, 0.3) is 0 Å². The third kappa shape index (κ3) is 9.09. The number of rotatable bonds is 10. The van der Waals surface area contributed by atoms with Gasteiger partial charge in [-0.15, -0.1) is 0 Å². The molecule has 8 nitrogen and oxygen atoms in total. The highest BCUT2D eigenvalue weighted by Crippen LogP contribution is 2.38. The van der Waals surface area contributed by atoms with Crippen LogP contribution >= 0.6 is 22.6 Å². The third-order valence-corrected chi connectivity index (χ3v) is 8.73. The summed E-state index contributed by atoms with van der Waals surface area (Å²) in [6.45, 7) is 1.36. The first-order valence-corrected chi connectivity index (χ1v) is 15.7. The molecule has 2 atom stereocenters. The first kappa shape index (κ1) is 34.0. The van der Waals surface area contributed by atoms with E-state index in [4.69, 9.17) is 5.11 Å². The van der Waals surface area contributed by atoms with E-state index in [-0.39, 0.29) is 23.4 Å². The second-order valence-corrected chi connectivity index (χ2v) is 13.1. The van der Waals surface area contributed by atoms with Gasteiger partial charge in [0.05, 0.1) is 18.2 Å². The Labute approximate surface area is 273 Å². The van der Waals surface area contributed by atoms with Crippen LogP contribution in [-0.2, 0) is 13.5 Å². The summed E-state index contributed by atoms with van der Waals surface area (Å²) in [4.78, 5) is 38.5. The number of carboxylic acids is 1. The number of carboxylic acid groups (broad SMARTS) is 1. The largest absolute Gasteiger partial charge is 0.479 e. The second kappa shape index (κ2) is 14.5. The van der Waals surface area contributed by atoms with Crippen molar-refractivity contribution in [1.82, 2.24) is 5.32 Å². The molecule has 0 aromatic heterocycles. The Morgan fingerprint density at radius 2 is 1.84 bits per heavy atom. The molecule has 0 heterocycles. The molecule has 2 aromatic carbocycles. The quantitative estimate of drug-likeness (QED) is 0.172. The van der Waals surface area contributed by atoms with Crippen molar-refractivity contribution < 1.29 is 32.7 Å². The van der Waals surface area contributed by atoms with E-state index in [1.807, 2.05) is 37.3 Å². The minimum atomic E-state index is -3.26. The van der Waals surface area contributed by atoms with Crippen molar-refractivity contribution in [3.8, 4) is 6.07 Å². The van der Waals surface area contributed by atoms with Crippen molar-refractivity contribution in [2.45, 2.75) is 61.5 Å². The van der Waals surface area contributed by atoms with Crippen LogP contribution in [0.5, 0.6) is 0 Å². The Balaban J connectivity index is 1.57. The average Bonchev–Trinajstić information content (AvgIpc) is 3.02. The fourth-order valence-corrected chi connectivity index (χ4v) is 5.86. The van der Waals surface area contributed by atoms with E-state index >= 15 is 0 Å². The van der Waals surface area contributed by atoms with Gasteiger partial charge in [0.1, 0.15) is 0 Å². The molecule has 238 valence electrons. The van der Waals surface area contributed by atoms with E-state index in [2.05, 4.69) is 10.6 Å².